The number of carbonyl (C=O) groups excluding carboxylic acids is 1. The SMILES string of the molecule is COc1cc(/C=C(/C#N)c2ccccc2F)ccc1OC(=O)COc1cc(C)ccc1C. The number of esters is 1. The number of nitrogens with zero attached hydrogens (tertiary/aromatic N) is 1. The summed E-state index contributed by atoms with van der Waals surface area (Å²) in [5, 5.41) is 9.46. The third-order valence-corrected chi connectivity index (χ3v) is 4.70. The molecule has 3 rings (SSSR count). The van der Waals surface area contributed by atoms with Gasteiger partial charge in [-0.3, -0.25) is 0 Å². The summed E-state index contributed by atoms with van der Waals surface area (Å²) in [6.45, 7) is 3.57. The van der Waals surface area contributed by atoms with Gasteiger partial charge in [0.05, 0.1) is 18.8 Å². The lowest BCUT2D eigenvalue weighted by Crippen LogP contribution is -2.18. The molecule has 0 aromatic heterocycles. The lowest BCUT2D eigenvalue weighted by molar-refractivity contribution is -0.136. The first kappa shape index (κ1) is 22.6. The van der Waals surface area contributed by atoms with Gasteiger partial charge in [-0.1, -0.05) is 36.4 Å². The van der Waals surface area contributed by atoms with Crippen molar-refractivity contribution in [2.45, 2.75) is 13.8 Å². The van der Waals surface area contributed by atoms with Crippen LogP contribution in [0.4, 0.5) is 4.39 Å². The predicted octanol–water partition coefficient (Wildman–Crippen LogP) is 5.50. The van der Waals surface area contributed by atoms with Gasteiger partial charge < -0.3 is 14.2 Å². The van der Waals surface area contributed by atoms with E-state index in [9.17, 15) is 14.4 Å². The minimum Gasteiger partial charge on any atom is -0.493 e. The average Bonchev–Trinajstić information content (AvgIpc) is 2.79. The molecule has 0 unspecified atom stereocenters. The lowest BCUT2D eigenvalue weighted by atomic mass is 10.0. The molecule has 0 fully saturated rings. The highest BCUT2D eigenvalue weighted by atomic mass is 19.1. The largest absolute Gasteiger partial charge is 0.493 e. The predicted molar refractivity (Wildman–Crippen MR) is 120 cm³/mol. The second-order valence-corrected chi connectivity index (χ2v) is 7.09. The van der Waals surface area contributed by atoms with E-state index in [0.717, 1.165) is 11.1 Å². The summed E-state index contributed by atoms with van der Waals surface area (Å²) in [4.78, 5) is 12.3. The molecular weight excluding hydrogens is 409 g/mol. The number of nitriles is 1. The van der Waals surface area contributed by atoms with E-state index in [1.165, 1.54) is 25.3 Å². The molecule has 0 saturated heterocycles. The molecule has 0 radical (unpaired) electrons. The third-order valence-electron chi connectivity index (χ3n) is 4.70. The molecule has 162 valence electrons. The molecule has 0 aliphatic rings. The molecule has 6 heteroatoms. The molecule has 0 aliphatic carbocycles. The maximum atomic E-state index is 14.0. The molecule has 3 aromatic carbocycles. The standard InChI is InChI=1S/C26H22FNO4/c1-17-8-9-18(2)24(12-17)31-16-26(29)32-23-11-10-19(14-25(23)30-3)13-20(15-28)21-6-4-5-7-22(21)27/h4-14H,16H2,1-3H3/b20-13-. The second kappa shape index (κ2) is 10.3. The van der Waals surface area contributed by atoms with Crippen LogP contribution in [0.3, 0.4) is 0 Å². The monoisotopic (exact) mass is 431 g/mol. The Bertz CT molecular complexity index is 1210. The van der Waals surface area contributed by atoms with Crippen LogP contribution in [0.2, 0.25) is 0 Å². The van der Waals surface area contributed by atoms with Gasteiger partial charge in [0.1, 0.15) is 11.6 Å². The van der Waals surface area contributed by atoms with Crippen molar-refractivity contribution in [2.75, 3.05) is 13.7 Å². The molecule has 0 atom stereocenters. The number of aryl methyl sites for hydroxylation is 2. The zero-order chi connectivity index (χ0) is 23.1. The Balaban J connectivity index is 1.75. The first-order valence-corrected chi connectivity index (χ1v) is 9.86. The third kappa shape index (κ3) is 5.52. The molecule has 0 saturated carbocycles. The average molecular weight is 431 g/mol. The molecule has 5 nitrogen and oxygen atoms in total. The Labute approximate surface area is 186 Å². The van der Waals surface area contributed by atoms with Crippen molar-refractivity contribution in [1.29, 1.82) is 5.26 Å². The van der Waals surface area contributed by atoms with Crippen molar-refractivity contribution in [3.63, 3.8) is 0 Å². The molecule has 32 heavy (non-hydrogen) atoms. The summed E-state index contributed by atoms with van der Waals surface area (Å²) >= 11 is 0. The van der Waals surface area contributed by atoms with Crippen LogP contribution in [0.5, 0.6) is 17.2 Å². The van der Waals surface area contributed by atoms with Crippen LogP contribution in [0.15, 0.2) is 60.7 Å². The van der Waals surface area contributed by atoms with Crippen LogP contribution in [-0.2, 0) is 4.79 Å². The normalized spacial score (nSPS) is 10.9. The second-order valence-electron chi connectivity index (χ2n) is 7.09. The number of methoxy groups -OCH3 is 1. The van der Waals surface area contributed by atoms with Crippen LogP contribution in [0.1, 0.15) is 22.3 Å². The van der Waals surface area contributed by atoms with Gasteiger partial charge in [-0.15, -0.1) is 0 Å². The van der Waals surface area contributed by atoms with Gasteiger partial charge in [-0.05, 0) is 60.9 Å². The fourth-order valence-electron chi connectivity index (χ4n) is 3.03. The molecular formula is C26H22FNO4. The van der Waals surface area contributed by atoms with Crippen molar-refractivity contribution in [3.8, 4) is 23.3 Å². The number of hydrogen-bond acceptors (Lipinski definition) is 5. The van der Waals surface area contributed by atoms with E-state index in [4.69, 9.17) is 14.2 Å². The smallest absolute Gasteiger partial charge is 0.349 e. The van der Waals surface area contributed by atoms with Crippen LogP contribution >= 0.6 is 0 Å². The van der Waals surface area contributed by atoms with Gasteiger partial charge in [0.2, 0.25) is 0 Å². The molecule has 3 aromatic rings. The number of rotatable bonds is 7. The fourth-order valence-corrected chi connectivity index (χ4v) is 3.03. The quantitative estimate of drug-likeness (QED) is 0.214. The number of hydrogen-bond donors (Lipinski definition) is 0. The number of allylic oxidation sites excluding steroid dienone is 1. The lowest BCUT2D eigenvalue weighted by Gasteiger charge is -2.12. The van der Waals surface area contributed by atoms with Gasteiger partial charge in [0, 0.05) is 5.56 Å². The minimum atomic E-state index is -0.587. The summed E-state index contributed by atoms with van der Waals surface area (Å²) in [6, 6.07) is 18.6. The van der Waals surface area contributed by atoms with Gasteiger partial charge >= 0.3 is 5.97 Å². The topological polar surface area (TPSA) is 68.5 Å². The van der Waals surface area contributed by atoms with Crippen LogP contribution in [-0.4, -0.2) is 19.7 Å². The Hall–Kier alpha value is -4.11. The van der Waals surface area contributed by atoms with E-state index in [-0.39, 0.29) is 23.5 Å². The van der Waals surface area contributed by atoms with Gasteiger partial charge in [-0.25, -0.2) is 9.18 Å². The van der Waals surface area contributed by atoms with E-state index in [0.29, 0.717) is 17.1 Å². The number of halogens is 1. The van der Waals surface area contributed by atoms with Crippen molar-refractivity contribution in [1.82, 2.24) is 0 Å². The van der Waals surface area contributed by atoms with Crippen molar-refractivity contribution < 1.29 is 23.4 Å². The molecule has 0 spiro atoms. The van der Waals surface area contributed by atoms with E-state index in [2.05, 4.69) is 0 Å². The van der Waals surface area contributed by atoms with E-state index >= 15 is 0 Å². The van der Waals surface area contributed by atoms with Crippen LogP contribution in [0, 0.1) is 31.0 Å². The van der Waals surface area contributed by atoms with Crippen molar-refractivity contribution in [2.24, 2.45) is 0 Å². The minimum absolute atomic E-state index is 0.164. The Morgan fingerprint density at radius 2 is 1.81 bits per heavy atom. The zero-order valence-electron chi connectivity index (χ0n) is 18.0. The van der Waals surface area contributed by atoms with Crippen molar-refractivity contribution >= 4 is 17.6 Å². The highest BCUT2D eigenvalue weighted by molar-refractivity contribution is 5.90. The Morgan fingerprint density at radius 1 is 1.03 bits per heavy atom. The number of benzene rings is 3. The first-order chi connectivity index (χ1) is 15.4. The fraction of sp³-hybridized carbons (Fsp3) is 0.154. The molecule has 0 heterocycles. The maximum absolute atomic E-state index is 14.0. The molecule has 0 bridgehead atoms. The van der Waals surface area contributed by atoms with E-state index in [1.54, 1.807) is 30.3 Å². The summed E-state index contributed by atoms with van der Waals surface area (Å²) < 4.78 is 30.3. The highest BCUT2D eigenvalue weighted by Gasteiger charge is 2.13. The summed E-state index contributed by atoms with van der Waals surface area (Å²) in [6.07, 6.45) is 1.54. The number of ether oxygens (including phenoxy) is 3. The Kier molecular flexibility index (Phi) is 7.25. The summed E-state index contributed by atoms with van der Waals surface area (Å²) in [7, 11) is 1.44. The van der Waals surface area contributed by atoms with E-state index < -0.39 is 11.8 Å². The van der Waals surface area contributed by atoms with Crippen LogP contribution in [0.25, 0.3) is 11.6 Å². The van der Waals surface area contributed by atoms with Gasteiger partial charge in [-0.2, -0.15) is 5.26 Å². The first-order valence-electron chi connectivity index (χ1n) is 9.86. The Morgan fingerprint density at radius 3 is 2.53 bits per heavy atom. The van der Waals surface area contributed by atoms with E-state index in [1.807, 2.05) is 38.1 Å². The summed E-state index contributed by atoms with van der Waals surface area (Å²) in [5.74, 6) is 0.0538. The number of carbonyl (C=O) groups is 1. The molecule has 0 amide bonds. The van der Waals surface area contributed by atoms with Gasteiger partial charge in [0.25, 0.3) is 0 Å². The maximum Gasteiger partial charge on any atom is 0.349 e. The van der Waals surface area contributed by atoms with Crippen molar-refractivity contribution in [3.05, 3.63) is 88.7 Å². The highest BCUT2D eigenvalue weighted by Crippen LogP contribution is 2.30. The summed E-state index contributed by atoms with van der Waals surface area (Å²) in [5.41, 5.74) is 2.90. The van der Waals surface area contributed by atoms with Crippen LogP contribution < -0.4 is 14.2 Å². The zero-order valence-corrected chi connectivity index (χ0v) is 18.0. The van der Waals surface area contributed by atoms with Gasteiger partial charge in [0.15, 0.2) is 18.1 Å². The molecule has 0 N–H and O–H groups in total. The molecule has 0 aliphatic heterocycles.